The van der Waals surface area contributed by atoms with E-state index in [1.807, 2.05) is 0 Å². The van der Waals surface area contributed by atoms with E-state index in [1.165, 1.54) is 11.0 Å². The van der Waals surface area contributed by atoms with E-state index in [1.54, 1.807) is 19.1 Å². The number of aromatic hydroxyl groups is 1. The number of phenolic OH excluding ortho intramolecular Hbond substituents is 1. The van der Waals surface area contributed by atoms with Gasteiger partial charge in [-0.15, -0.1) is 16.6 Å². The van der Waals surface area contributed by atoms with Gasteiger partial charge in [-0.05, 0) is 51.5 Å². The number of likely N-dealkylation sites (N-methyl/N-ethyl adjacent to an activating group) is 1. The van der Waals surface area contributed by atoms with Crippen molar-refractivity contribution in [2.45, 2.75) is 25.8 Å². The van der Waals surface area contributed by atoms with Crippen molar-refractivity contribution in [1.29, 1.82) is 0 Å². The number of hydrogen-bond donors (Lipinski definition) is 2. The number of aromatic nitrogens is 3. The standard InChI is InChI=1S/C18H21N5O/c1-4-13-7-8-15(16(24)10-13)17-12(2)19-18(22-21-17)20-14-6-5-9-23(3)11-14/h1,7-8,10,14,24H,5-6,9,11H2,2-3H3,(H,19,20,22)/t14-/m1/s1/i3D3. The molecule has 2 aromatic rings. The highest BCUT2D eigenvalue weighted by Crippen LogP contribution is 2.30. The molecule has 1 aliphatic rings. The lowest BCUT2D eigenvalue weighted by Gasteiger charge is -2.30. The Morgan fingerprint density at radius 2 is 2.33 bits per heavy atom. The molecule has 6 nitrogen and oxygen atoms in total. The molecule has 1 aromatic heterocycles. The summed E-state index contributed by atoms with van der Waals surface area (Å²) in [6, 6.07) is 4.84. The minimum Gasteiger partial charge on any atom is -0.507 e. The fraction of sp³-hybridized carbons (Fsp3) is 0.389. The molecule has 0 amide bonds. The van der Waals surface area contributed by atoms with Gasteiger partial charge in [-0.3, -0.25) is 0 Å². The Morgan fingerprint density at radius 3 is 3.04 bits per heavy atom. The molecule has 0 aliphatic carbocycles. The molecular formula is C18H21N5O. The van der Waals surface area contributed by atoms with E-state index < -0.39 is 6.98 Å². The highest BCUT2D eigenvalue weighted by molar-refractivity contribution is 5.69. The highest BCUT2D eigenvalue weighted by atomic mass is 16.3. The Labute approximate surface area is 146 Å². The predicted octanol–water partition coefficient (Wildman–Crippen LogP) is 2.04. The quantitative estimate of drug-likeness (QED) is 0.841. The summed E-state index contributed by atoms with van der Waals surface area (Å²) in [5.74, 6) is 2.82. The zero-order valence-electron chi connectivity index (χ0n) is 16.5. The Kier molecular flexibility index (Phi) is 3.63. The van der Waals surface area contributed by atoms with E-state index in [0.717, 1.165) is 12.8 Å². The molecule has 0 saturated carbocycles. The van der Waals surface area contributed by atoms with Gasteiger partial charge >= 0.3 is 0 Å². The summed E-state index contributed by atoms with van der Waals surface area (Å²) in [5.41, 5.74) is 2.14. The first-order chi connectivity index (χ1) is 12.8. The van der Waals surface area contributed by atoms with Crippen LogP contribution in [-0.4, -0.2) is 51.3 Å². The zero-order chi connectivity index (χ0) is 19.6. The maximum absolute atomic E-state index is 10.2. The lowest BCUT2D eigenvalue weighted by Crippen LogP contribution is -2.40. The molecule has 2 N–H and O–H groups in total. The van der Waals surface area contributed by atoms with Gasteiger partial charge in [0, 0.05) is 27.8 Å². The van der Waals surface area contributed by atoms with Crippen molar-refractivity contribution in [2.75, 3.05) is 25.4 Å². The molecule has 1 aromatic carbocycles. The van der Waals surface area contributed by atoms with Crippen molar-refractivity contribution in [3.8, 4) is 29.4 Å². The fourth-order valence-electron chi connectivity index (χ4n) is 2.81. The highest BCUT2D eigenvalue weighted by Gasteiger charge is 2.19. The summed E-state index contributed by atoms with van der Waals surface area (Å²) in [7, 11) is 0. The number of benzene rings is 1. The summed E-state index contributed by atoms with van der Waals surface area (Å²) in [5, 5.41) is 21.6. The number of rotatable bonds is 3. The third-order valence-electron chi connectivity index (χ3n) is 4.04. The SMILES string of the molecule is [2H]C([2H])([2H])N1CCC[C@@H](Nc2nnc(-c3ccc(C#C)cc3O)c(C)n2)C1. The Hall–Kier alpha value is -2.65. The van der Waals surface area contributed by atoms with Gasteiger partial charge in [0.05, 0.1) is 5.69 Å². The summed E-state index contributed by atoms with van der Waals surface area (Å²) in [4.78, 5) is 5.90. The van der Waals surface area contributed by atoms with Crippen LogP contribution in [0.1, 0.15) is 28.2 Å². The number of nitrogens with zero attached hydrogens (tertiary/aromatic N) is 4. The molecule has 1 atom stereocenters. The first kappa shape index (κ1) is 12.7. The van der Waals surface area contributed by atoms with Crippen LogP contribution < -0.4 is 5.32 Å². The number of aryl methyl sites for hydroxylation is 1. The molecule has 0 spiro atoms. The van der Waals surface area contributed by atoms with Crippen molar-refractivity contribution >= 4 is 5.95 Å². The van der Waals surface area contributed by atoms with E-state index in [2.05, 4.69) is 26.4 Å². The van der Waals surface area contributed by atoms with E-state index in [0.29, 0.717) is 41.6 Å². The number of likely N-dealkylation sites (tertiary alicyclic amines) is 1. The van der Waals surface area contributed by atoms with Crippen LogP contribution in [0.5, 0.6) is 5.75 Å². The van der Waals surface area contributed by atoms with Gasteiger partial charge in [0.15, 0.2) is 0 Å². The number of anilines is 1. The summed E-state index contributed by atoms with van der Waals surface area (Å²) >= 11 is 0. The molecule has 1 fully saturated rings. The molecule has 0 bridgehead atoms. The summed E-state index contributed by atoms with van der Waals surface area (Å²) in [6.07, 6.45) is 6.96. The van der Waals surface area contributed by atoms with Crippen molar-refractivity contribution in [2.24, 2.45) is 0 Å². The average molecular weight is 326 g/mol. The number of hydrogen-bond acceptors (Lipinski definition) is 6. The molecule has 0 radical (unpaired) electrons. The summed E-state index contributed by atoms with van der Waals surface area (Å²) < 4.78 is 22.7. The van der Waals surface area contributed by atoms with Gasteiger partial charge in [0.25, 0.3) is 0 Å². The molecular weight excluding hydrogens is 302 g/mol. The van der Waals surface area contributed by atoms with E-state index >= 15 is 0 Å². The van der Waals surface area contributed by atoms with Gasteiger partial charge in [0.1, 0.15) is 11.4 Å². The molecule has 0 unspecified atom stereocenters. The third kappa shape index (κ3) is 3.47. The first-order valence-corrected chi connectivity index (χ1v) is 7.81. The van der Waals surface area contributed by atoms with Crippen LogP contribution in [0.2, 0.25) is 0 Å². The topological polar surface area (TPSA) is 74.2 Å². The van der Waals surface area contributed by atoms with Crippen molar-refractivity contribution < 1.29 is 9.22 Å². The molecule has 124 valence electrons. The van der Waals surface area contributed by atoms with Gasteiger partial charge in [-0.25, -0.2) is 4.98 Å². The largest absolute Gasteiger partial charge is 0.507 e. The van der Waals surface area contributed by atoms with Crippen LogP contribution in [0.25, 0.3) is 11.3 Å². The van der Waals surface area contributed by atoms with E-state index in [4.69, 9.17) is 10.5 Å². The minimum atomic E-state index is -2.10. The second-order valence-corrected chi connectivity index (χ2v) is 5.88. The second kappa shape index (κ2) is 6.85. The molecule has 24 heavy (non-hydrogen) atoms. The molecule has 1 aliphatic heterocycles. The van der Waals surface area contributed by atoms with Crippen LogP contribution in [-0.2, 0) is 0 Å². The fourth-order valence-corrected chi connectivity index (χ4v) is 2.81. The van der Waals surface area contributed by atoms with Crippen molar-refractivity contribution in [3.05, 3.63) is 29.5 Å². The van der Waals surface area contributed by atoms with Crippen LogP contribution in [0, 0.1) is 19.3 Å². The smallest absolute Gasteiger partial charge is 0.243 e. The van der Waals surface area contributed by atoms with E-state index in [9.17, 15) is 5.11 Å². The normalized spacial score (nSPS) is 20.5. The molecule has 6 heteroatoms. The minimum absolute atomic E-state index is 0.0194. The third-order valence-corrected chi connectivity index (χ3v) is 4.04. The van der Waals surface area contributed by atoms with Crippen molar-refractivity contribution in [1.82, 2.24) is 20.1 Å². The van der Waals surface area contributed by atoms with Gasteiger partial charge in [-0.1, -0.05) is 5.92 Å². The van der Waals surface area contributed by atoms with Gasteiger partial charge in [0.2, 0.25) is 5.95 Å². The number of terminal acetylenes is 1. The number of nitrogens with one attached hydrogen (secondary N) is 1. The average Bonchev–Trinajstić information content (AvgIpc) is 2.62. The number of phenols is 1. The summed E-state index contributed by atoms with van der Waals surface area (Å²) in [6.45, 7) is 0.633. The maximum atomic E-state index is 10.2. The monoisotopic (exact) mass is 326 g/mol. The second-order valence-electron chi connectivity index (χ2n) is 5.88. The Bertz CT molecular complexity index is 878. The molecule has 3 rings (SSSR count). The van der Waals surface area contributed by atoms with Crippen LogP contribution >= 0.6 is 0 Å². The lowest BCUT2D eigenvalue weighted by molar-refractivity contribution is 0.260. The van der Waals surface area contributed by atoms with Crippen LogP contribution in [0.15, 0.2) is 18.2 Å². The van der Waals surface area contributed by atoms with Crippen molar-refractivity contribution in [3.63, 3.8) is 0 Å². The number of piperidine rings is 1. The van der Waals surface area contributed by atoms with Crippen LogP contribution in [0.3, 0.4) is 0 Å². The first-order valence-electron chi connectivity index (χ1n) is 9.31. The predicted molar refractivity (Wildman–Crippen MR) is 93.7 cm³/mol. The zero-order valence-corrected chi connectivity index (χ0v) is 13.5. The Morgan fingerprint density at radius 1 is 1.46 bits per heavy atom. The lowest BCUT2D eigenvalue weighted by atomic mass is 10.1. The van der Waals surface area contributed by atoms with Gasteiger partial charge < -0.3 is 15.3 Å². The molecule has 2 heterocycles. The van der Waals surface area contributed by atoms with E-state index in [-0.39, 0.29) is 11.8 Å². The van der Waals surface area contributed by atoms with Gasteiger partial charge in [-0.2, -0.15) is 0 Å². The molecule has 1 saturated heterocycles. The Balaban J connectivity index is 1.76. The maximum Gasteiger partial charge on any atom is 0.243 e. The van der Waals surface area contributed by atoms with Crippen LogP contribution in [0.4, 0.5) is 5.95 Å².